The maximum Gasteiger partial charge on any atom is 0.335 e. The van der Waals surface area contributed by atoms with Gasteiger partial charge >= 0.3 is 5.97 Å². The van der Waals surface area contributed by atoms with Gasteiger partial charge in [0.25, 0.3) is 0 Å². The Labute approximate surface area is 113 Å². The SMILES string of the molecule is CCCCCCc1ccc2c(c1)C=C(C(=O)O)CO2. The zero-order chi connectivity index (χ0) is 13.7. The number of carboxylic acids is 1. The molecule has 0 radical (unpaired) electrons. The second kappa shape index (κ2) is 6.41. The van der Waals surface area contributed by atoms with Crippen LogP contribution in [-0.4, -0.2) is 17.7 Å². The van der Waals surface area contributed by atoms with Crippen molar-refractivity contribution in [2.24, 2.45) is 0 Å². The fourth-order valence-corrected chi connectivity index (χ4v) is 2.26. The zero-order valence-corrected chi connectivity index (χ0v) is 11.3. The van der Waals surface area contributed by atoms with Gasteiger partial charge in [-0.05, 0) is 36.6 Å². The normalized spacial score (nSPS) is 13.4. The topological polar surface area (TPSA) is 46.5 Å². The lowest BCUT2D eigenvalue weighted by molar-refractivity contribution is -0.132. The van der Waals surface area contributed by atoms with E-state index in [0.29, 0.717) is 5.57 Å². The van der Waals surface area contributed by atoms with E-state index in [0.717, 1.165) is 17.7 Å². The number of ether oxygens (including phenoxy) is 1. The molecule has 0 saturated carbocycles. The quantitative estimate of drug-likeness (QED) is 0.794. The molecule has 102 valence electrons. The van der Waals surface area contributed by atoms with E-state index in [-0.39, 0.29) is 6.61 Å². The van der Waals surface area contributed by atoms with Gasteiger partial charge in [0.15, 0.2) is 0 Å². The van der Waals surface area contributed by atoms with Crippen LogP contribution in [0.4, 0.5) is 0 Å². The Morgan fingerprint density at radius 1 is 1.32 bits per heavy atom. The Morgan fingerprint density at radius 3 is 2.89 bits per heavy atom. The average Bonchev–Trinajstić information content (AvgIpc) is 2.42. The molecule has 0 unspecified atom stereocenters. The summed E-state index contributed by atoms with van der Waals surface area (Å²) < 4.78 is 5.45. The van der Waals surface area contributed by atoms with E-state index in [1.54, 1.807) is 6.08 Å². The van der Waals surface area contributed by atoms with Crippen LogP contribution in [0.2, 0.25) is 0 Å². The minimum Gasteiger partial charge on any atom is -0.488 e. The van der Waals surface area contributed by atoms with E-state index in [1.165, 1.54) is 31.2 Å². The van der Waals surface area contributed by atoms with Gasteiger partial charge in [0.2, 0.25) is 0 Å². The number of benzene rings is 1. The number of carboxylic acid groups (broad SMARTS) is 1. The van der Waals surface area contributed by atoms with E-state index in [9.17, 15) is 4.79 Å². The van der Waals surface area contributed by atoms with Gasteiger partial charge in [0.1, 0.15) is 12.4 Å². The molecule has 0 aromatic heterocycles. The first kappa shape index (κ1) is 13.7. The highest BCUT2D eigenvalue weighted by atomic mass is 16.5. The third-order valence-corrected chi connectivity index (χ3v) is 3.38. The number of aryl methyl sites for hydroxylation is 1. The van der Waals surface area contributed by atoms with Gasteiger partial charge in [-0.3, -0.25) is 0 Å². The summed E-state index contributed by atoms with van der Waals surface area (Å²) in [5.41, 5.74) is 2.45. The van der Waals surface area contributed by atoms with Crippen molar-refractivity contribution in [2.45, 2.75) is 39.0 Å². The molecule has 1 aromatic carbocycles. The lowest BCUT2D eigenvalue weighted by Gasteiger charge is -2.16. The van der Waals surface area contributed by atoms with Gasteiger partial charge in [-0.2, -0.15) is 0 Å². The average molecular weight is 260 g/mol. The first-order valence-corrected chi connectivity index (χ1v) is 6.90. The lowest BCUT2D eigenvalue weighted by Crippen LogP contribution is -2.14. The predicted octanol–water partition coefficient (Wildman–Crippen LogP) is 3.67. The molecule has 0 fully saturated rings. The molecule has 0 aliphatic carbocycles. The fraction of sp³-hybridized carbons (Fsp3) is 0.438. The molecule has 0 amide bonds. The van der Waals surface area contributed by atoms with Crippen molar-refractivity contribution in [3.8, 4) is 5.75 Å². The standard InChI is InChI=1S/C16H20O3/c1-2-3-4-5-6-12-7-8-15-13(9-12)10-14(11-19-15)16(17)18/h7-10H,2-6,11H2,1H3,(H,17,18). The van der Waals surface area contributed by atoms with Crippen molar-refractivity contribution >= 4 is 12.0 Å². The lowest BCUT2D eigenvalue weighted by atomic mass is 10.0. The van der Waals surface area contributed by atoms with Crippen LogP contribution in [0, 0.1) is 0 Å². The van der Waals surface area contributed by atoms with Gasteiger partial charge in [-0.15, -0.1) is 0 Å². The number of rotatable bonds is 6. The van der Waals surface area contributed by atoms with Gasteiger partial charge in [-0.1, -0.05) is 32.3 Å². The van der Waals surface area contributed by atoms with Crippen LogP contribution in [0.1, 0.15) is 43.7 Å². The van der Waals surface area contributed by atoms with Crippen LogP contribution in [0.3, 0.4) is 0 Å². The van der Waals surface area contributed by atoms with Crippen LogP contribution in [0.25, 0.3) is 6.08 Å². The molecule has 1 aliphatic rings. The van der Waals surface area contributed by atoms with Crippen molar-refractivity contribution in [3.05, 3.63) is 34.9 Å². The maximum absolute atomic E-state index is 10.9. The van der Waals surface area contributed by atoms with Crippen molar-refractivity contribution < 1.29 is 14.6 Å². The van der Waals surface area contributed by atoms with Gasteiger partial charge in [0.05, 0.1) is 5.57 Å². The molecule has 1 N–H and O–H groups in total. The Hall–Kier alpha value is -1.77. The summed E-state index contributed by atoms with van der Waals surface area (Å²) in [6, 6.07) is 6.06. The van der Waals surface area contributed by atoms with E-state index < -0.39 is 5.97 Å². The van der Waals surface area contributed by atoms with E-state index in [4.69, 9.17) is 9.84 Å². The summed E-state index contributed by atoms with van der Waals surface area (Å²) in [6.07, 6.45) is 7.71. The molecule has 1 aliphatic heterocycles. The van der Waals surface area contributed by atoms with Gasteiger partial charge in [-0.25, -0.2) is 4.79 Å². The number of hydrogen-bond donors (Lipinski definition) is 1. The van der Waals surface area contributed by atoms with Gasteiger partial charge in [0, 0.05) is 5.56 Å². The largest absolute Gasteiger partial charge is 0.488 e. The highest BCUT2D eigenvalue weighted by molar-refractivity contribution is 5.93. The summed E-state index contributed by atoms with van der Waals surface area (Å²) in [5.74, 6) is -0.124. The number of carbonyl (C=O) groups is 1. The second-order valence-corrected chi connectivity index (χ2v) is 4.95. The minimum atomic E-state index is -0.904. The Balaban J connectivity index is 2.06. The molecule has 0 spiro atoms. The molecule has 0 bridgehead atoms. The van der Waals surface area contributed by atoms with E-state index in [2.05, 4.69) is 13.0 Å². The van der Waals surface area contributed by atoms with Crippen molar-refractivity contribution in [2.75, 3.05) is 6.61 Å². The molecule has 2 rings (SSSR count). The molecule has 19 heavy (non-hydrogen) atoms. The fourth-order valence-electron chi connectivity index (χ4n) is 2.26. The Bertz CT molecular complexity index is 489. The summed E-state index contributed by atoms with van der Waals surface area (Å²) in [6.45, 7) is 2.35. The van der Waals surface area contributed by atoms with Crippen molar-refractivity contribution in [1.29, 1.82) is 0 Å². The third kappa shape index (κ3) is 3.60. The number of fused-ring (bicyclic) bond motifs is 1. The van der Waals surface area contributed by atoms with Crippen LogP contribution in [-0.2, 0) is 11.2 Å². The molecule has 3 heteroatoms. The zero-order valence-electron chi connectivity index (χ0n) is 11.3. The number of unbranched alkanes of at least 4 members (excludes halogenated alkanes) is 3. The minimum absolute atomic E-state index is 0.151. The molecule has 0 atom stereocenters. The highest BCUT2D eigenvalue weighted by Gasteiger charge is 2.16. The Morgan fingerprint density at radius 2 is 2.16 bits per heavy atom. The summed E-state index contributed by atoms with van der Waals surface area (Å²) in [4.78, 5) is 10.9. The molecular formula is C16H20O3. The van der Waals surface area contributed by atoms with Crippen LogP contribution >= 0.6 is 0 Å². The van der Waals surface area contributed by atoms with E-state index >= 15 is 0 Å². The Kier molecular flexibility index (Phi) is 4.61. The van der Waals surface area contributed by atoms with Crippen LogP contribution < -0.4 is 4.74 Å². The predicted molar refractivity (Wildman–Crippen MR) is 75.4 cm³/mol. The van der Waals surface area contributed by atoms with Crippen molar-refractivity contribution in [3.63, 3.8) is 0 Å². The number of aliphatic carboxylic acids is 1. The molecule has 1 aromatic rings. The summed E-state index contributed by atoms with van der Waals surface area (Å²) in [7, 11) is 0. The van der Waals surface area contributed by atoms with Gasteiger partial charge < -0.3 is 9.84 Å². The van der Waals surface area contributed by atoms with Crippen LogP contribution in [0.15, 0.2) is 23.8 Å². The highest BCUT2D eigenvalue weighted by Crippen LogP contribution is 2.28. The second-order valence-electron chi connectivity index (χ2n) is 4.95. The number of hydrogen-bond acceptors (Lipinski definition) is 2. The monoisotopic (exact) mass is 260 g/mol. The molecule has 1 heterocycles. The molecule has 3 nitrogen and oxygen atoms in total. The first-order valence-electron chi connectivity index (χ1n) is 6.90. The first-order chi connectivity index (χ1) is 9.20. The maximum atomic E-state index is 10.9. The summed E-state index contributed by atoms with van der Waals surface area (Å²) >= 11 is 0. The smallest absolute Gasteiger partial charge is 0.335 e. The van der Waals surface area contributed by atoms with Crippen molar-refractivity contribution in [1.82, 2.24) is 0 Å². The van der Waals surface area contributed by atoms with Crippen LogP contribution in [0.5, 0.6) is 5.75 Å². The van der Waals surface area contributed by atoms with E-state index in [1.807, 2.05) is 12.1 Å². The molecular weight excluding hydrogens is 240 g/mol. The third-order valence-electron chi connectivity index (χ3n) is 3.38. The molecule has 0 saturated heterocycles. The summed E-state index contributed by atoms with van der Waals surface area (Å²) in [5, 5.41) is 8.99.